The van der Waals surface area contributed by atoms with E-state index in [2.05, 4.69) is 53.8 Å². The van der Waals surface area contributed by atoms with E-state index < -0.39 is 8.32 Å². The van der Waals surface area contributed by atoms with E-state index in [1.165, 1.54) is 31.2 Å². The van der Waals surface area contributed by atoms with Crippen molar-refractivity contribution >= 4 is 25.6 Å². The summed E-state index contributed by atoms with van der Waals surface area (Å²) < 4.78 is 11.4. The number of carbonyl (C=O) groups excluding carboxylic acids is 1. The Kier molecular flexibility index (Phi) is 7.96. The zero-order chi connectivity index (χ0) is 21.1. The first-order valence-electron chi connectivity index (χ1n) is 10.8. The minimum Gasteiger partial charge on any atom is -0.465 e. The summed E-state index contributed by atoms with van der Waals surface area (Å²) >= 11 is 1.57. The molecule has 0 spiro atoms. The van der Waals surface area contributed by atoms with Crippen LogP contribution >= 0.6 is 11.3 Å². The van der Waals surface area contributed by atoms with Gasteiger partial charge in [0.15, 0.2) is 8.32 Å². The molecule has 5 heteroatoms. The van der Waals surface area contributed by atoms with E-state index in [0.29, 0.717) is 10.8 Å². The Labute approximate surface area is 177 Å². The molecular weight excluding hydrogens is 384 g/mol. The SMILES string of the molecule is COC(=O)c1ccc(CCCC2[C@@H](CO[Si](C)(C)C(C)(C)C)[C@H](C)C[C@@H]2C)s1. The summed E-state index contributed by atoms with van der Waals surface area (Å²) in [5.41, 5.74) is 0. The van der Waals surface area contributed by atoms with Crippen molar-refractivity contribution in [3.8, 4) is 0 Å². The van der Waals surface area contributed by atoms with E-state index in [1.807, 2.05) is 6.07 Å². The minimum atomic E-state index is -1.69. The summed E-state index contributed by atoms with van der Waals surface area (Å²) in [5.74, 6) is 2.73. The Hall–Kier alpha value is -0.653. The van der Waals surface area contributed by atoms with Crippen LogP contribution in [-0.4, -0.2) is 28.0 Å². The fraction of sp³-hybridized carbons (Fsp3) is 0.783. The number of hydrogen-bond donors (Lipinski definition) is 0. The molecule has 0 bridgehead atoms. The fourth-order valence-corrected chi connectivity index (χ4v) is 6.33. The Morgan fingerprint density at radius 2 is 1.82 bits per heavy atom. The van der Waals surface area contributed by atoms with Crippen LogP contribution in [0.5, 0.6) is 0 Å². The standard InChI is InChI=1S/C23H40O3SSi/c1-16-14-17(2)20(15-26-28(7,8)23(3,4)5)19(16)11-9-10-18-12-13-21(27-18)22(24)25-6/h12-13,16-17,19-20H,9-11,14-15H2,1-8H3/t16-,17+,19?,20-/m0/s1. The number of carbonyl (C=O) groups is 1. The Morgan fingerprint density at radius 1 is 1.18 bits per heavy atom. The third-order valence-electron chi connectivity index (χ3n) is 7.21. The maximum Gasteiger partial charge on any atom is 0.348 e. The largest absolute Gasteiger partial charge is 0.465 e. The topological polar surface area (TPSA) is 35.5 Å². The summed E-state index contributed by atoms with van der Waals surface area (Å²) in [7, 11) is -0.251. The van der Waals surface area contributed by atoms with E-state index in [4.69, 9.17) is 9.16 Å². The molecule has 1 aromatic heterocycles. The molecule has 28 heavy (non-hydrogen) atoms. The lowest BCUT2D eigenvalue weighted by atomic mass is 9.84. The number of esters is 1. The highest BCUT2D eigenvalue weighted by atomic mass is 32.1. The molecule has 0 saturated heterocycles. The van der Waals surface area contributed by atoms with Crippen LogP contribution in [-0.2, 0) is 15.6 Å². The lowest BCUT2D eigenvalue weighted by molar-refractivity contribution is 0.0606. The normalized spacial score (nSPS) is 25.9. The number of rotatable bonds is 8. The van der Waals surface area contributed by atoms with Crippen molar-refractivity contribution in [2.75, 3.05) is 13.7 Å². The Balaban J connectivity index is 1.91. The van der Waals surface area contributed by atoms with Crippen LogP contribution in [0.2, 0.25) is 18.1 Å². The summed E-state index contributed by atoms with van der Waals surface area (Å²) in [6.45, 7) is 17.5. The number of aryl methyl sites for hydroxylation is 1. The molecule has 1 aliphatic carbocycles. The molecule has 0 radical (unpaired) electrons. The van der Waals surface area contributed by atoms with Gasteiger partial charge in [0.2, 0.25) is 0 Å². The average molecular weight is 425 g/mol. The van der Waals surface area contributed by atoms with Gasteiger partial charge in [0.25, 0.3) is 0 Å². The van der Waals surface area contributed by atoms with Gasteiger partial charge < -0.3 is 9.16 Å². The van der Waals surface area contributed by atoms with Gasteiger partial charge in [-0.1, -0.05) is 34.6 Å². The van der Waals surface area contributed by atoms with Crippen LogP contribution in [0.15, 0.2) is 12.1 Å². The van der Waals surface area contributed by atoms with Crippen molar-refractivity contribution in [3.63, 3.8) is 0 Å². The van der Waals surface area contributed by atoms with E-state index in [9.17, 15) is 4.79 Å². The molecule has 2 rings (SSSR count). The van der Waals surface area contributed by atoms with Gasteiger partial charge in [-0.05, 0) is 79.6 Å². The van der Waals surface area contributed by atoms with Gasteiger partial charge in [0, 0.05) is 11.5 Å². The van der Waals surface area contributed by atoms with Crippen molar-refractivity contribution in [2.24, 2.45) is 23.7 Å². The van der Waals surface area contributed by atoms with Gasteiger partial charge in [-0.15, -0.1) is 11.3 Å². The molecule has 1 aromatic rings. The van der Waals surface area contributed by atoms with Gasteiger partial charge in [0.1, 0.15) is 4.88 Å². The van der Waals surface area contributed by atoms with Gasteiger partial charge in [-0.25, -0.2) is 4.79 Å². The lowest BCUT2D eigenvalue weighted by Crippen LogP contribution is -2.42. The van der Waals surface area contributed by atoms with Gasteiger partial charge in [0.05, 0.1) is 7.11 Å². The van der Waals surface area contributed by atoms with Crippen LogP contribution in [0.25, 0.3) is 0 Å². The lowest BCUT2D eigenvalue weighted by Gasteiger charge is -2.38. The van der Waals surface area contributed by atoms with E-state index in [-0.39, 0.29) is 11.0 Å². The second-order valence-electron chi connectivity index (χ2n) is 10.2. The molecule has 0 aromatic carbocycles. The van der Waals surface area contributed by atoms with Crippen LogP contribution in [0, 0.1) is 23.7 Å². The summed E-state index contributed by atoms with van der Waals surface area (Å²) in [6.07, 6.45) is 4.80. The number of hydrogen-bond acceptors (Lipinski definition) is 4. The summed E-state index contributed by atoms with van der Waals surface area (Å²) in [4.78, 5) is 13.6. The predicted molar refractivity (Wildman–Crippen MR) is 122 cm³/mol. The third-order valence-corrected chi connectivity index (χ3v) is 12.8. The molecule has 3 nitrogen and oxygen atoms in total. The molecule has 1 heterocycles. The zero-order valence-electron chi connectivity index (χ0n) is 19.1. The quantitative estimate of drug-likeness (QED) is 0.340. The maximum atomic E-state index is 11.6. The van der Waals surface area contributed by atoms with Crippen LogP contribution < -0.4 is 0 Å². The highest BCUT2D eigenvalue weighted by Gasteiger charge is 2.42. The third kappa shape index (κ3) is 5.70. The Bertz CT molecular complexity index is 647. The van der Waals surface area contributed by atoms with E-state index in [0.717, 1.165) is 30.8 Å². The summed E-state index contributed by atoms with van der Waals surface area (Å²) in [6, 6.07) is 3.97. The number of thiophene rings is 1. The van der Waals surface area contributed by atoms with Crippen LogP contribution in [0.3, 0.4) is 0 Å². The van der Waals surface area contributed by atoms with Gasteiger partial charge in [-0.3, -0.25) is 0 Å². The molecule has 0 amide bonds. The molecule has 160 valence electrons. The molecule has 1 fully saturated rings. The van der Waals surface area contributed by atoms with Crippen molar-refractivity contribution in [1.82, 2.24) is 0 Å². The second-order valence-corrected chi connectivity index (χ2v) is 16.2. The molecule has 4 atom stereocenters. The van der Waals surface area contributed by atoms with E-state index >= 15 is 0 Å². The molecule has 1 aliphatic rings. The van der Waals surface area contributed by atoms with Crippen LogP contribution in [0.4, 0.5) is 0 Å². The molecule has 0 aliphatic heterocycles. The van der Waals surface area contributed by atoms with Gasteiger partial charge in [-0.2, -0.15) is 0 Å². The maximum absolute atomic E-state index is 11.6. The molecule has 1 saturated carbocycles. The minimum absolute atomic E-state index is 0.225. The smallest absolute Gasteiger partial charge is 0.348 e. The van der Waals surface area contributed by atoms with Crippen molar-refractivity contribution in [2.45, 2.75) is 78.4 Å². The number of ether oxygens (including phenoxy) is 1. The predicted octanol–water partition coefficient (Wildman–Crippen LogP) is 6.79. The summed E-state index contributed by atoms with van der Waals surface area (Å²) in [5, 5.41) is 0.270. The first-order chi connectivity index (χ1) is 13.0. The van der Waals surface area contributed by atoms with Crippen LogP contribution in [0.1, 0.15) is 68.4 Å². The first-order valence-corrected chi connectivity index (χ1v) is 14.5. The molecule has 1 unspecified atom stereocenters. The second kappa shape index (κ2) is 9.44. The highest BCUT2D eigenvalue weighted by Crippen LogP contribution is 2.45. The van der Waals surface area contributed by atoms with Crippen molar-refractivity contribution < 1.29 is 14.0 Å². The number of methoxy groups -OCH3 is 1. The van der Waals surface area contributed by atoms with Crippen molar-refractivity contribution in [1.29, 1.82) is 0 Å². The van der Waals surface area contributed by atoms with E-state index in [1.54, 1.807) is 11.3 Å². The molecular formula is C23H40O3SSi. The molecule has 0 N–H and O–H groups in total. The zero-order valence-corrected chi connectivity index (χ0v) is 20.9. The highest BCUT2D eigenvalue weighted by molar-refractivity contribution is 7.13. The van der Waals surface area contributed by atoms with Gasteiger partial charge >= 0.3 is 5.97 Å². The monoisotopic (exact) mass is 424 g/mol. The average Bonchev–Trinajstić information content (AvgIpc) is 3.16. The Morgan fingerprint density at radius 3 is 2.43 bits per heavy atom. The van der Waals surface area contributed by atoms with Crippen molar-refractivity contribution in [3.05, 3.63) is 21.9 Å². The fourth-order valence-electron chi connectivity index (χ4n) is 4.32. The first kappa shape index (κ1) is 23.6.